The first-order valence-corrected chi connectivity index (χ1v) is 11.4. The summed E-state index contributed by atoms with van der Waals surface area (Å²) in [6, 6.07) is -4.81. The summed E-state index contributed by atoms with van der Waals surface area (Å²) in [5.41, 5.74) is 16.1. The molecule has 3 amide bonds. The van der Waals surface area contributed by atoms with Crippen molar-refractivity contribution >= 4 is 35.6 Å². The van der Waals surface area contributed by atoms with E-state index < -0.39 is 66.2 Å². The van der Waals surface area contributed by atoms with E-state index in [1.807, 2.05) is 0 Å². The molecule has 0 spiro atoms. The molecule has 5 unspecified atom stereocenters. The number of nitrogens with zero attached hydrogens (tertiary/aromatic N) is 1. The normalized spacial score (nSPS) is 15.1. The molecule has 0 fully saturated rings. The summed E-state index contributed by atoms with van der Waals surface area (Å²) in [5.74, 6) is -5.67. The first kappa shape index (κ1) is 31.6. The molecular weight excluding hydrogens is 462 g/mol. The number of aliphatic imine (C=N–C) groups is 1. The number of nitrogens with one attached hydrogen (secondary N) is 3. The van der Waals surface area contributed by atoms with E-state index in [1.54, 1.807) is 27.7 Å². The molecule has 0 aromatic carbocycles. The monoisotopic (exact) mass is 501 g/mol. The van der Waals surface area contributed by atoms with Gasteiger partial charge in [0.1, 0.15) is 18.1 Å². The van der Waals surface area contributed by atoms with Crippen molar-refractivity contribution in [2.24, 2.45) is 34.0 Å². The van der Waals surface area contributed by atoms with Crippen LogP contribution in [0.5, 0.6) is 0 Å². The zero-order chi connectivity index (χ0) is 27.3. The van der Waals surface area contributed by atoms with Gasteiger partial charge in [-0.25, -0.2) is 4.79 Å². The van der Waals surface area contributed by atoms with E-state index in [0.29, 0.717) is 6.42 Å². The second kappa shape index (κ2) is 15.5. The quantitative estimate of drug-likeness (QED) is 0.0661. The van der Waals surface area contributed by atoms with E-state index >= 15 is 0 Å². The maximum absolute atomic E-state index is 13.0. The number of carbonyl (C=O) groups excluding carboxylic acids is 3. The van der Waals surface area contributed by atoms with E-state index in [4.69, 9.17) is 22.3 Å². The summed E-state index contributed by atoms with van der Waals surface area (Å²) >= 11 is 0. The molecule has 0 aromatic heterocycles. The first-order valence-electron chi connectivity index (χ1n) is 11.4. The molecule has 0 radical (unpaired) electrons. The van der Waals surface area contributed by atoms with Crippen molar-refractivity contribution in [1.29, 1.82) is 0 Å². The number of hydrogen-bond donors (Lipinski definition) is 8. The molecule has 0 saturated heterocycles. The SMILES string of the molecule is CCC(C)C(NC(=O)C(NC(=O)C(CCCN=C(N)N)NC(=O)C(N)CC(=O)O)C(C)C)C(=O)O. The zero-order valence-electron chi connectivity index (χ0n) is 20.6. The molecule has 5 atom stereocenters. The number of guanidine groups is 1. The molecule has 200 valence electrons. The minimum Gasteiger partial charge on any atom is -0.481 e. The van der Waals surface area contributed by atoms with Crippen LogP contribution in [-0.2, 0) is 24.0 Å². The Kier molecular flexibility index (Phi) is 14.0. The maximum Gasteiger partial charge on any atom is 0.326 e. The van der Waals surface area contributed by atoms with E-state index in [9.17, 15) is 29.1 Å². The second-order valence-corrected chi connectivity index (χ2v) is 8.65. The van der Waals surface area contributed by atoms with Crippen molar-refractivity contribution in [1.82, 2.24) is 16.0 Å². The third-order valence-electron chi connectivity index (χ3n) is 5.33. The van der Waals surface area contributed by atoms with E-state index in [-0.39, 0.29) is 31.3 Å². The van der Waals surface area contributed by atoms with Crippen LogP contribution in [0.25, 0.3) is 0 Å². The average molecular weight is 502 g/mol. The Morgan fingerprint density at radius 2 is 1.46 bits per heavy atom. The highest BCUT2D eigenvalue weighted by Crippen LogP contribution is 2.11. The second-order valence-electron chi connectivity index (χ2n) is 8.65. The smallest absolute Gasteiger partial charge is 0.326 e. The number of aliphatic carboxylic acids is 2. The van der Waals surface area contributed by atoms with Crippen molar-refractivity contribution in [3.8, 4) is 0 Å². The predicted octanol–water partition coefficient (Wildman–Crippen LogP) is -1.92. The summed E-state index contributed by atoms with van der Waals surface area (Å²) in [6.07, 6.45) is 0.205. The van der Waals surface area contributed by atoms with Crippen molar-refractivity contribution in [3.63, 3.8) is 0 Å². The van der Waals surface area contributed by atoms with Gasteiger partial charge in [-0.05, 0) is 24.7 Å². The Labute approximate surface area is 204 Å². The van der Waals surface area contributed by atoms with Crippen molar-refractivity contribution in [3.05, 3.63) is 0 Å². The topological polar surface area (TPSA) is 252 Å². The summed E-state index contributed by atoms with van der Waals surface area (Å²) in [6.45, 7) is 6.97. The lowest BCUT2D eigenvalue weighted by atomic mass is 9.97. The molecule has 14 heteroatoms. The van der Waals surface area contributed by atoms with Crippen LogP contribution in [0.2, 0.25) is 0 Å². The Bertz CT molecular complexity index is 784. The molecule has 0 saturated carbocycles. The number of carboxylic acid groups (broad SMARTS) is 2. The van der Waals surface area contributed by atoms with Gasteiger partial charge in [-0.2, -0.15) is 0 Å². The van der Waals surface area contributed by atoms with E-state index in [1.165, 1.54) is 0 Å². The Morgan fingerprint density at radius 1 is 0.886 bits per heavy atom. The molecule has 0 rings (SSSR count). The Morgan fingerprint density at radius 3 is 1.91 bits per heavy atom. The number of carbonyl (C=O) groups is 5. The van der Waals surface area contributed by atoms with Crippen LogP contribution in [0.3, 0.4) is 0 Å². The third kappa shape index (κ3) is 12.0. The fourth-order valence-electron chi connectivity index (χ4n) is 3.05. The van der Waals surface area contributed by atoms with Gasteiger partial charge in [0.25, 0.3) is 0 Å². The third-order valence-corrected chi connectivity index (χ3v) is 5.33. The molecule has 35 heavy (non-hydrogen) atoms. The Hall–Kier alpha value is -3.42. The van der Waals surface area contributed by atoms with Crippen LogP contribution in [0.4, 0.5) is 0 Å². The van der Waals surface area contributed by atoms with Crippen molar-refractivity contribution in [2.75, 3.05) is 6.54 Å². The summed E-state index contributed by atoms with van der Waals surface area (Å²) < 4.78 is 0. The fourth-order valence-corrected chi connectivity index (χ4v) is 3.05. The largest absolute Gasteiger partial charge is 0.481 e. The number of carboxylic acids is 2. The molecule has 0 bridgehead atoms. The molecule has 11 N–H and O–H groups in total. The van der Waals surface area contributed by atoms with E-state index in [2.05, 4.69) is 20.9 Å². The van der Waals surface area contributed by atoms with Gasteiger partial charge in [0.2, 0.25) is 17.7 Å². The van der Waals surface area contributed by atoms with Crippen LogP contribution in [0.1, 0.15) is 53.4 Å². The number of hydrogen-bond acceptors (Lipinski definition) is 7. The van der Waals surface area contributed by atoms with E-state index in [0.717, 1.165) is 0 Å². The number of nitrogens with two attached hydrogens (primary N) is 3. The standard InChI is InChI=1S/C21H39N7O7/c1-5-11(4)16(20(34)35)28-19(33)15(10(2)3)27-18(32)13(7-6-8-25-21(23)24)26-17(31)12(22)9-14(29)30/h10-13,15-16H,5-9,22H2,1-4H3,(H,26,31)(H,27,32)(H,28,33)(H,29,30)(H,34,35)(H4,23,24,25). The zero-order valence-corrected chi connectivity index (χ0v) is 20.6. The predicted molar refractivity (Wildman–Crippen MR) is 128 cm³/mol. The lowest BCUT2D eigenvalue weighted by Crippen LogP contribution is -2.59. The molecule has 0 aliphatic heterocycles. The molecule has 0 heterocycles. The van der Waals surface area contributed by atoms with Gasteiger partial charge >= 0.3 is 11.9 Å². The molecule has 14 nitrogen and oxygen atoms in total. The van der Waals surface area contributed by atoms with Gasteiger partial charge in [-0.3, -0.25) is 24.2 Å². The minimum atomic E-state index is -1.39. The minimum absolute atomic E-state index is 0.0607. The van der Waals surface area contributed by atoms with Gasteiger partial charge in [0.15, 0.2) is 5.96 Å². The highest BCUT2D eigenvalue weighted by molar-refractivity contribution is 5.94. The summed E-state index contributed by atoms with van der Waals surface area (Å²) in [7, 11) is 0. The van der Waals surface area contributed by atoms with Crippen LogP contribution >= 0.6 is 0 Å². The highest BCUT2D eigenvalue weighted by atomic mass is 16.4. The molecule has 0 aliphatic carbocycles. The first-order chi connectivity index (χ1) is 16.2. The lowest BCUT2D eigenvalue weighted by Gasteiger charge is -2.28. The van der Waals surface area contributed by atoms with Gasteiger partial charge in [-0.15, -0.1) is 0 Å². The Balaban J connectivity index is 5.59. The highest BCUT2D eigenvalue weighted by Gasteiger charge is 2.33. The average Bonchev–Trinajstić information content (AvgIpc) is 2.75. The van der Waals surface area contributed by atoms with Crippen LogP contribution in [0, 0.1) is 11.8 Å². The van der Waals surface area contributed by atoms with Crippen molar-refractivity contribution in [2.45, 2.75) is 77.5 Å². The fraction of sp³-hybridized carbons (Fsp3) is 0.714. The van der Waals surface area contributed by atoms with Crippen LogP contribution in [-0.4, -0.2) is 76.5 Å². The van der Waals surface area contributed by atoms with Crippen LogP contribution < -0.4 is 33.2 Å². The van der Waals surface area contributed by atoms with Crippen molar-refractivity contribution < 1.29 is 34.2 Å². The maximum atomic E-state index is 13.0. The number of amides is 3. The van der Waals surface area contributed by atoms with Crippen LogP contribution in [0.15, 0.2) is 4.99 Å². The van der Waals surface area contributed by atoms with Gasteiger partial charge in [0, 0.05) is 6.54 Å². The summed E-state index contributed by atoms with van der Waals surface area (Å²) in [5, 5.41) is 25.7. The molecule has 0 aliphatic rings. The van der Waals surface area contributed by atoms with Gasteiger partial charge in [-0.1, -0.05) is 34.1 Å². The summed E-state index contributed by atoms with van der Waals surface area (Å²) in [4.78, 5) is 64.4. The molecular formula is C21H39N7O7. The number of rotatable bonds is 16. The van der Waals surface area contributed by atoms with Gasteiger partial charge < -0.3 is 43.4 Å². The molecule has 0 aromatic rings. The van der Waals surface area contributed by atoms with Gasteiger partial charge in [0.05, 0.1) is 12.5 Å². The lowest BCUT2D eigenvalue weighted by molar-refractivity contribution is -0.144.